The first-order valence-electron chi connectivity index (χ1n) is 7.23. The number of nitrogens with zero attached hydrogens (tertiary/aromatic N) is 1. The summed E-state index contributed by atoms with van der Waals surface area (Å²) >= 11 is 0. The summed E-state index contributed by atoms with van der Waals surface area (Å²) < 4.78 is 30.8. The normalized spacial score (nSPS) is 11.2. The van der Waals surface area contributed by atoms with Crippen LogP contribution in [0, 0.1) is 0 Å². The smallest absolute Gasteiger partial charge is 0.229 e. The highest BCUT2D eigenvalue weighted by Gasteiger charge is 2.10. The van der Waals surface area contributed by atoms with E-state index in [9.17, 15) is 8.42 Å². The second-order valence-corrected chi connectivity index (χ2v) is 7.04. The van der Waals surface area contributed by atoms with Gasteiger partial charge in [0.05, 0.1) is 24.6 Å². The van der Waals surface area contributed by atoms with Crippen molar-refractivity contribution >= 4 is 38.0 Å². The Balaban J connectivity index is 2.04. The Morgan fingerprint density at radius 3 is 2.58 bits per heavy atom. The first-order valence-corrected chi connectivity index (χ1v) is 9.12. The molecule has 2 aromatic carbocycles. The van der Waals surface area contributed by atoms with Crippen molar-refractivity contribution in [1.82, 2.24) is 4.98 Å². The van der Waals surface area contributed by atoms with Crippen molar-refractivity contribution < 1.29 is 13.2 Å². The lowest BCUT2D eigenvalue weighted by Crippen LogP contribution is -2.10. The van der Waals surface area contributed by atoms with E-state index in [0.29, 0.717) is 11.2 Å². The maximum atomic E-state index is 11.5. The summed E-state index contributed by atoms with van der Waals surface area (Å²) in [4.78, 5) is 4.31. The number of hydrogen-bond acceptors (Lipinski definition) is 5. The molecule has 0 atom stereocenters. The Morgan fingerprint density at radius 1 is 1.04 bits per heavy atom. The Hall–Kier alpha value is -2.80. The van der Waals surface area contributed by atoms with Gasteiger partial charge in [-0.3, -0.25) is 9.71 Å². The summed E-state index contributed by atoms with van der Waals surface area (Å²) in [5.41, 5.74) is 2.72. The summed E-state index contributed by atoms with van der Waals surface area (Å²) in [5, 5.41) is 4.13. The second-order valence-electron chi connectivity index (χ2n) is 5.29. The lowest BCUT2D eigenvalue weighted by Gasteiger charge is -2.13. The number of ether oxygens (including phenoxy) is 1. The van der Waals surface area contributed by atoms with E-state index < -0.39 is 10.0 Å². The van der Waals surface area contributed by atoms with Crippen LogP contribution in [-0.2, 0) is 10.0 Å². The molecule has 1 aromatic heterocycles. The minimum atomic E-state index is -3.38. The molecule has 0 saturated carbocycles. The number of methoxy groups -OCH3 is 1. The zero-order valence-electron chi connectivity index (χ0n) is 13.3. The Labute approximate surface area is 140 Å². The number of hydrogen-bond donors (Lipinski definition) is 2. The highest BCUT2D eigenvalue weighted by molar-refractivity contribution is 7.92. The van der Waals surface area contributed by atoms with Crippen LogP contribution in [0.15, 0.2) is 54.7 Å². The number of aromatic nitrogens is 1. The number of fused-ring (bicyclic) bond motifs is 1. The fourth-order valence-corrected chi connectivity index (χ4v) is 2.99. The van der Waals surface area contributed by atoms with Crippen LogP contribution in [0.1, 0.15) is 0 Å². The third-order valence-corrected chi connectivity index (χ3v) is 4.01. The van der Waals surface area contributed by atoms with E-state index in [2.05, 4.69) is 15.0 Å². The lowest BCUT2D eigenvalue weighted by molar-refractivity contribution is 0.415. The molecule has 0 aliphatic carbocycles. The van der Waals surface area contributed by atoms with Gasteiger partial charge in [-0.25, -0.2) is 8.42 Å². The predicted molar refractivity (Wildman–Crippen MR) is 96.5 cm³/mol. The van der Waals surface area contributed by atoms with E-state index in [0.717, 1.165) is 28.8 Å². The molecule has 3 rings (SSSR count). The number of rotatable bonds is 5. The quantitative estimate of drug-likeness (QED) is 0.742. The lowest BCUT2D eigenvalue weighted by atomic mass is 10.1. The van der Waals surface area contributed by atoms with Gasteiger partial charge in [0.2, 0.25) is 10.0 Å². The fraction of sp³-hybridized carbons (Fsp3) is 0.118. The van der Waals surface area contributed by atoms with Crippen molar-refractivity contribution in [2.45, 2.75) is 0 Å². The molecule has 6 nitrogen and oxygen atoms in total. The van der Waals surface area contributed by atoms with Gasteiger partial charge in [-0.2, -0.15) is 0 Å². The van der Waals surface area contributed by atoms with Crippen LogP contribution in [0.25, 0.3) is 10.9 Å². The Morgan fingerprint density at radius 2 is 1.83 bits per heavy atom. The number of pyridine rings is 1. The SMILES string of the molecule is COc1cccc(Nc2ccnc3c(NS(C)(=O)=O)cccc23)c1. The highest BCUT2D eigenvalue weighted by atomic mass is 32.2. The van der Waals surface area contributed by atoms with E-state index in [1.54, 1.807) is 25.4 Å². The van der Waals surface area contributed by atoms with Gasteiger partial charge in [-0.05, 0) is 24.3 Å². The van der Waals surface area contributed by atoms with E-state index in [1.807, 2.05) is 36.4 Å². The molecule has 0 spiro atoms. The van der Waals surface area contributed by atoms with Crippen LogP contribution >= 0.6 is 0 Å². The zero-order valence-corrected chi connectivity index (χ0v) is 14.1. The van der Waals surface area contributed by atoms with Gasteiger partial charge in [0.1, 0.15) is 5.75 Å². The van der Waals surface area contributed by atoms with Crippen LogP contribution < -0.4 is 14.8 Å². The third kappa shape index (κ3) is 3.57. The average molecular weight is 343 g/mol. The van der Waals surface area contributed by atoms with Crippen molar-refractivity contribution in [3.05, 3.63) is 54.7 Å². The summed E-state index contributed by atoms with van der Waals surface area (Å²) in [7, 11) is -1.76. The standard InChI is InChI=1S/C17H17N3O3S/c1-23-13-6-3-5-12(11-13)19-15-9-10-18-17-14(15)7-4-8-16(17)20-24(2,21)22/h3-11,20H,1-2H3,(H,18,19). The molecule has 0 bridgehead atoms. The van der Waals surface area contributed by atoms with Crippen LogP contribution in [0.5, 0.6) is 5.75 Å². The number of nitrogens with one attached hydrogen (secondary N) is 2. The summed E-state index contributed by atoms with van der Waals surface area (Å²) in [6.45, 7) is 0. The minimum absolute atomic E-state index is 0.448. The molecule has 24 heavy (non-hydrogen) atoms. The zero-order chi connectivity index (χ0) is 17.2. The molecular formula is C17H17N3O3S. The maximum absolute atomic E-state index is 11.5. The average Bonchev–Trinajstić information content (AvgIpc) is 2.54. The predicted octanol–water partition coefficient (Wildman–Crippen LogP) is 3.36. The van der Waals surface area contributed by atoms with Crippen LogP contribution in [0.2, 0.25) is 0 Å². The van der Waals surface area contributed by atoms with Crippen LogP contribution in [-0.4, -0.2) is 26.8 Å². The maximum Gasteiger partial charge on any atom is 0.229 e. The molecule has 0 aliphatic rings. The summed E-state index contributed by atoms with van der Waals surface area (Å²) in [5.74, 6) is 0.748. The number of anilines is 3. The van der Waals surface area contributed by atoms with Crippen LogP contribution in [0.4, 0.5) is 17.1 Å². The fourth-order valence-electron chi connectivity index (χ4n) is 2.42. The first kappa shape index (κ1) is 16.1. The highest BCUT2D eigenvalue weighted by Crippen LogP contribution is 2.30. The summed E-state index contributed by atoms with van der Waals surface area (Å²) in [6, 6.07) is 14.8. The molecule has 0 radical (unpaired) electrons. The van der Waals surface area contributed by atoms with E-state index in [1.165, 1.54) is 0 Å². The van der Waals surface area contributed by atoms with Crippen molar-refractivity contribution in [1.29, 1.82) is 0 Å². The molecule has 0 aliphatic heterocycles. The summed E-state index contributed by atoms with van der Waals surface area (Å²) in [6.07, 6.45) is 2.75. The molecule has 3 aromatic rings. The molecule has 0 saturated heterocycles. The van der Waals surface area contributed by atoms with Crippen LogP contribution in [0.3, 0.4) is 0 Å². The van der Waals surface area contributed by atoms with Crippen molar-refractivity contribution in [3.8, 4) is 5.75 Å². The van der Waals surface area contributed by atoms with Crippen molar-refractivity contribution in [2.24, 2.45) is 0 Å². The van der Waals surface area contributed by atoms with Gasteiger partial charge >= 0.3 is 0 Å². The molecule has 124 valence electrons. The minimum Gasteiger partial charge on any atom is -0.497 e. The molecule has 0 unspecified atom stereocenters. The van der Waals surface area contributed by atoms with Gasteiger partial charge in [0, 0.05) is 29.0 Å². The van der Waals surface area contributed by atoms with E-state index in [-0.39, 0.29) is 0 Å². The van der Waals surface area contributed by atoms with Gasteiger partial charge in [-0.1, -0.05) is 18.2 Å². The molecule has 0 amide bonds. The van der Waals surface area contributed by atoms with Crippen molar-refractivity contribution in [3.63, 3.8) is 0 Å². The van der Waals surface area contributed by atoms with Gasteiger partial charge < -0.3 is 10.1 Å². The van der Waals surface area contributed by atoms with Crippen molar-refractivity contribution in [2.75, 3.05) is 23.4 Å². The number of para-hydroxylation sites is 1. The third-order valence-electron chi connectivity index (χ3n) is 3.42. The molecule has 1 heterocycles. The number of sulfonamides is 1. The Kier molecular flexibility index (Phi) is 4.26. The molecule has 7 heteroatoms. The van der Waals surface area contributed by atoms with Gasteiger partial charge in [0.25, 0.3) is 0 Å². The second kappa shape index (κ2) is 6.37. The number of benzene rings is 2. The molecule has 0 fully saturated rings. The molecular weight excluding hydrogens is 326 g/mol. The van der Waals surface area contributed by atoms with E-state index in [4.69, 9.17) is 4.74 Å². The Bertz CT molecular complexity index is 987. The van der Waals surface area contributed by atoms with Gasteiger partial charge in [0.15, 0.2) is 0 Å². The van der Waals surface area contributed by atoms with E-state index >= 15 is 0 Å². The topological polar surface area (TPSA) is 80.3 Å². The van der Waals surface area contributed by atoms with Gasteiger partial charge in [-0.15, -0.1) is 0 Å². The monoisotopic (exact) mass is 343 g/mol. The largest absolute Gasteiger partial charge is 0.497 e. The molecule has 2 N–H and O–H groups in total. The first-order chi connectivity index (χ1) is 11.5.